The zero-order valence-electron chi connectivity index (χ0n) is 14.9. The summed E-state index contributed by atoms with van der Waals surface area (Å²) in [6, 6.07) is 10.8. The Morgan fingerprint density at radius 2 is 1.92 bits per heavy atom. The van der Waals surface area contributed by atoms with Gasteiger partial charge in [-0.2, -0.15) is 0 Å². The van der Waals surface area contributed by atoms with E-state index in [2.05, 4.69) is 6.58 Å². The van der Waals surface area contributed by atoms with Crippen LogP contribution < -0.4 is 9.47 Å². The highest BCUT2D eigenvalue weighted by atomic mass is 32.2. The van der Waals surface area contributed by atoms with Gasteiger partial charge in [-0.3, -0.25) is 0 Å². The van der Waals surface area contributed by atoms with E-state index in [4.69, 9.17) is 9.47 Å². The lowest BCUT2D eigenvalue weighted by atomic mass is 10.1. The molecule has 2 rings (SSSR count). The Morgan fingerprint density at radius 3 is 2.54 bits per heavy atom. The lowest BCUT2D eigenvalue weighted by molar-refractivity contribution is 0.0733. The lowest BCUT2D eigenvalue weighted by Gasteiger charge is -2.13. The van der Waals surface area contributed by atoms with E-state index in [-0.39, 0.29) is 10.5 Å². The van der Waals surface area contributed by atoms with Gasteiger partial charge in [0, 0.05) is 19.7 Å². The standard InChI is InChI=1S/C19H21NO5S/c1-5-7-14-12-16(24-4)10-11-18(14)25-19(21)15-8-6-9-17(13-15)26(22,23)20(2)3/h5-6,8-13H,1,7H2,2-4H3. The van der Waals surface area contributed by atoms with E-state index in [1.54, 1.807) is 31.4 Å². The minimum Gasteiger partial charge on any atom is -0.497 e. The van der Waals surface area contributed by atoms with E-state index < -0.39 is 16.0 Å². The van der Waals surface area contributed by atoms with Gasteiger partial charge in [-0.15, -0.1) is 6.58 Å². The normalized spacial score (nSPS) is 11.2. The van der Waals surface area contributed by atoms with E-state index in [1.165, 1.54) is 38.4 Å². The van der Waals surface area contributed by atoms with Crippen LogP contribution in [-0.4, -0.2) is 39.9 Å². The highest BCUT2D eigenvalue weighted by Crippen LogP contribution is 2.26. The van der Waals surface area contributed by atoms with Gasteiger partial charge in [0.1, 0.15) is 11.5 Å². The van der Waals surface area contributed by atoms with Crippen LogP contribution in [0, 0.1) is 0 Å². The Kier molecular flexibility index (Phi) is 6.18. The summed E-state index contributed by atoms with van der Waals surface area (Å²) < 4.78 is 36.2. The molecule has 0 bridgehead atoms. The monoisotopic (exact) mass is 375 g/mol. The SMILES string of the molecule is C=CCc1cc(OC)ccc1OC(=O)c1cccc(S(=O)(=O)N(C)C)c1. The highest BCUT2D eigenvalue weighted by molar-refractivity contribution is 7.89. The fourth-order valence-corrected chi connectivity index (χ4v) is 3.20. The Balaban J connectivity index is 2.33. The Bertz CT molecular complexity index is 919. The molecule has 0 aliphatic heterocycles. The van der Waals surface area contributed by atoms with Crippen molar-refractivity contribution in [3.05, 3.63) is 66.2 Å². The van der Waals surface area contributed by atoms with E-state index in [0.717, 1.165) is 9.87 Å². The molecule has 6 nitrogen and oxygen atoms in total. The highest BCUT2D eigenvalue weighted by Gasteiger charge is 2.20. The number of methoxy groups -OCH3 is 1. The first-order valence-corrected chi connectivity index (χ1v) is 9.26. The lowest BCUT2D eigenvalue weighted by Crippen LogP contribution is -2.22. The molecule has 0 saturated heterocycles. The van der Waals surface area contributed by atoms with E-state index in [0.29, 0.717) is 17.9 Å². The third kappa shape index (κ3) is 4.30. The number of carbonyl (C=O) groups excluding carboxylic acids is 1. The molecule has 2 aromatic carbocycles. The number of benzene rings is 2. The molecule has 2 aromatic rings. The van der Waals surface area contributed by atoms with Gasteiger partial charge in [0.25, 0.3) is 0 Å². The number of esters is 1. The van der Waals surface area contributed by atoms with E-state index in [1.807, 2.05) is 0 Å². The molecule has 0 radical (unpaired) electrons. The van der Waals surface area contributed by atoms with Crippen LogP contribution in [0.5, 0.6) is 11.5 Å². The van der Waals surface area contributed by atoms with Gasteiger partial charge in [-0.25, -0.2) is 17.5 Å². The number of sulfonamides is 1. The summed E-state index contributed by atoms with van der Waals surface area (Å²) in [6.45, 7) is 3.69. The maximum Gasteiger partial charge on any atom is 0.343 e. The molecule has 0 aliphatic carbocycles. The largest absolute Gasteiger partial charge is 0.497 e. The molecule has 0 N–H and O–H groups in total. The van der Waals surface area contributed by atoms with Crippen molar-refractivity contribution in [2.75, 3.05) is 21.2 Å². The molecule has 0 unspecified atom stereocenters. The minimum absolute atomic E-state index is 0.0259. The molecule has 0 amide bonds. The van der Waals surface area contributed by atoms with Gasteiger partial charge in [0.15, 0.2) is 0 Å². The second-order valence-corrected chi connectivity index (χ2v) is 7.82. The summed E-state index contributed by atoms with van der Waals surface area (Å²) in [6.07, 6.45) is 2.19. The van der Waals surface area contributed by atoms with Gasteiger partial charge < -0.3 is 9.47 Å². The summed E-state index contributed by atoms with van der Waals surface area (Å²) in [4.78, 5) is 12.5. The van der Waals surface area contributed by atoms with Gasteiger partial charge in [0.05, 0.1) is 17.6 Å². The molecule has 0 aliphatic rings. The smallest absolute Gasteiger partial charge is 0.343 e. The van der Waals surface area contributed by atoms with Crippen LogP contribution in [0.1, 0.15) is 15.9 Å². The quantitative estimate of drug-likeness (QED) is 0.423. The molecule has 0 atom stereocenters. The van der Waals surface area contributed by atoms with E-state index >= 15 is 0 Å². The molecule has 7 heteroatoms. The summed E-state index contributed by atoms with van der Waals surface area (Å²) in [5.74, 6) is 0.369. The molecule has 0 fully saturated rings. The molecule has 0 saturated carbocycles. The van der Waals surface area contributed by atoms with Crippen molar-refractivity contribution < 1.29 is 22.7 Å². The van der Waals surface area contributed by atoms with Crippen LogP contribution in [0.25, 0.3) is 0 Å². The van der Waals surface area contributed by atoms with Crippen LogP contribution in [0.3, 0.4) is 0 Å². The molecular formula is C19H21NO5S. The molecular weight excluding hydrogens is 354 g/mol. The first kappa shape index (κ1) is 19.7. The predicted octanol–water partition coefficient (Wildman–Crippen LogP) is 2.89. The fourth-order valence-electron chi connectivity index (χ4n) is 2.25. The number of nitrogens with zero attached hydrogens (tertiary/aromatic N) is 1. The molecule has 0 spiro atoms. The van der Waals surface area contributed by atoms with Crippen molar-refractivity contribution in [2.24, 2.45) is 0 Å². The van der Waals surface area contributed by atoms with E-state index in [9.17, 15) is 13.2 Å². The number of allylic oxidation sites excluding steroid dienone is 1. The van der Waals surface area contributed by atoms with Gasteiger partial charge >= 0.3 is 5.97 Å². The average Bonchev–Trinajstić information content (AvgIpc) is 2.63. The van der Waals surface area contributed by atoms with Crippen LogP contribution in [0.2, 0.25) is 0 Å². The minimum atomic E-state index is -3.64. The molecule has 0 aromatic heterocycles. The summed E-state index contributed by atoms with van der Waals surface area (Å²) in [7, 11) is 0.775. The van der Waals surface area contributed by atoms with Crippen molar-refractivity contribution in [2.45, 2.75) is 11.3 Å². The second-order valence-electron chi connectivity index (χ2n) is 5.67. The van der Waals surface area contributed by atoms with Gasteiger partial charge in [0.2, 0.25) is 10.0 Å². The van der Waals surface area contributed by atoms with Crippen LogP contribution in [0.15, 0.2) is 60.0 Å². The van der Waals surface area contributed by atoms with Crippen molar-refractivity contribution in [3.8, 4) is 11.5 Å². The zero-order chi connectivity index (χ0) is 19.3. The number of ether oxygens (including phenoxy) is 2. The van der Waals surface area contributed by atoms with Crippen molar-refractivity contribution in [1.82, 2.24) is 4.31 Å². The van der Waals surface area contributed by atoms with Crippen molar-refractivity contribution in [3.63, 3.8) is 0 Å². The molecule has 26 heavy (non-hydrogen) atoms. The third-order valence-electron chi connectivity index (χ3n) is 3.68. The summed E-state index contributed by atoms with van der Waals surface area (Å²) in [5.41, 5.74) is 0.887. The fraction of sp³-hybridized carbons (Fsp3) is 0.211. The first-order valence-electron chi connectivity index (χ1n) is 7.82. The van der Waals surface area contributed by atoms with Crippen LogP contribution >= 0.6 is 0 Å². The number of hydrogen-bond donors (Lipinski definition) is 0. The Morgan fingerprint density at radius 1 is 1.19 bits per heavy atom. The maximum absolute atomic E-state index is 12.5. The number of carbonyl (C=O) groups is 1. The maximum atomic E-state index is 12.5. The third-order valence-corrected chi connectivity index (χ3v) is 5.49. The first-order chi connectivity index (χ1) is 12.3. The summed E-state index contributed by atoms with van der Waals surface area (Å²) in [5, 5.41) is 0. The van der Waals surface area contributed by atoms with Gasteiger partial charge in [-0.05, 0) is 42.8 Å². The van der Waals surface area contributed by atoms with Crippen molar-refractivity contribution >= 4 is 16.0 Å². The van der Waals surface area contributed by atoms with Crippen LogP contribution in [-0.2, 0) is 16.4 Å². The zero-order valence-corrected chi connectivity index (χ0v) is 15.7. The van der Waals surface area contributed by atoms with Crippen LogP contribution in [0.4, 0.5) is 0 Å². The number of hydrogen-bond acceptors (Lipinski definition) is 5. The Labute approximate surface area is 153 Å². The predicted molar refractivity (Wildman–Crippen MR) is 99.2 cm³/mol. The average molecular weight is 375 g/mol. The Hall–Kier alpha value is -2.64. The van der Waals surface area contributed by atoms with Crippen molar-refractivity contribution in [1.29, 1.82) is 0 Å². The van der Waals surface area contributed by atoms with Gasteiger partial charge in [-0.1, -0.05) is 12.1 Å². The number of rotatable bonds is 7. The molecule has 0 heterocycles. The molecule has 138 valence electrons. The summed E-state index contributed by atoms with van der Waals surface area (Å²) >= 11 is 0. The second kappa shape index (κ2) is 8.16. The topological polar surface area (TPSA) is 72.9 Å².